The smallest absolute Gasteiger partial charge is 0.316 e. The topological polar surface area (TPSA) is 101 Å². The van der Waals surface area contributed by atoms with E-state index in [4.69, 9.17) is 16.6 Å². The summed E-state index contributed by atoms with van der Waals surface area (Å²) in [6.45, 7) is -0.139. The fourth-order valence-electron chi connectivity index (χ4n) is 1.09. The third-order valence-electron chi connectivity index (χ3n) is 1.78. The summed E-state index contributed by atoms with van der Waals surface area (Å²) in [4.78, 5) is 10.5. The summed E-state index contributed by atoms with van der Waals surface area (Å²) in [6.07, 6.45) is 0. The van der Waals surface area contributed by atoms with Gasteiger partial charge in [-0.1, -0.05) is 12.1 Å². The van der Waals surface area contributed by atoms with Gasteiger partial charge in [0.05, 0.1) is 12.6 Å². The van der Waals surface area contributed by atoms with Gasteiger partial charge in [-0.3, -0.25) is 0 Å². The van der Waals surface area contributed by atoms with Gasteiger partial charge < -0.3 is 21.9 Å². The number of primary amides is 1. The highest BCUT2D eigenvalue weighted by molar-refractivity contribution is 5.87. The van der Waals surface area contributed by atoms with Crippen LogP contribution in [0.3, 0.4) is 0 Å². The van der Waals surface area contributed by atoms with Crippen molar-refractivity contribution < 1.29 is 9.90 Å². The normalized spacial score (nSPS) is 12.1. The minimum Gasteiger partial charge on any atom is -0.394 e. The third kappa shape index (κ3) is 2.72. The highest BCUT2D eigenvalue weighted by Crippen LogP contribution is 2.15. The second-order valence-electron chi connectivity index (χ2n) is 2.90. The number of hydrogen-bond acceptors (Lipinski definition) is 3. The van der Waals surface area contributed by atoms with Crippen LogP contribution in [0.25, 0.3) is 0 Å². The Balaban J connectivity index is 2.83. The van der Waals surface area contributed by atoms with Crippen LogP contribution in [0.1, 0.15) is 11.6 Å². The maximum atomic E-state index is 10.5. The summed E-state index contributed by atoms with van der Waals surface area (Å²) in [6, 6.07) is 5.80. The van der Waals surface area contributed by atoms with Crippen molar-refractivity contribution in [3.8, 4) is 0 Å². The molecule has 6 N–H and O–H groups in total. The Morgan fingerprint density at radius 2 is 2.29 bits per heavy atom. The molecule has 2 amide bonds. The molecule has 0 aliphatic heterocycles. The quantitative estimate of drug-likeness (QED) is 0.553. The summed E-state index contributed by atoms with van der Waals surface area (Å²) in [5.41, 5.74) is 11.9. The number of nitrogens with one attached hydrogen (secondary N) is 1. The van der Waals surface area contributed by atoms with E-state index in [0.717, 1.165) is 5.56 Å². The van der Waals surface area contributed by atoms with Gasteiger partial charge in [-0.15, -0.1) is 0 Å². The van der Waals surface area contributed by atoms with Crippen LogP contribution in [-0.2, 0) is 0 Å². The van der Waals surface area contributed by atoms with Crippen molar-refractivity contribution in [2.75, 3.05) is 11.9 Å². The monoisotopic (exact) mass is 195 g/mol. The predicted molar refractivity (Wildman–Crippen MR) is 53.7 cm³/mol. The van der Waals surface area contributed by atoms with Crippen molar-refractivity contribution in [2.24, 2.45) is 11.5 Å². The third-order valence-corrected chi connectivity index (χ3v) is 1.78. The zero-order valence-electron chi connectivity index (χ0n) is 7.60. The standard InChI is InChI=1S/C9H13N3O2/c10-8(5-13)6-2-1-3-7(4-6)12-9(11)14/h1-4,8,13H,5,10H2,(H3,11,12,14). The Labute approximate surface area is 81.7 Å². The van der Waals surface area contributed by atoms with Crippen molar-refractivity contribution in [2.45, 2.75) is 6.04 Å². The maximum Gasteiger partial charge on any atom is 0.316 e. The number of rotatable bonds is 3. The molecule has 14 heavy (non-hydrogen) atoms. The van der Waals surface area contributed by atoms with Crippen LogP contribution < -0.4 is 16.8 Å². The van der Waals surface area contributed by atoms with Gasteiger partial charge in [0.25, 0.3) is 0 Å². The number of urea groups is 1. The van der Waals surface area contributed by atoms with Crippen molar-refractivity contribution in [3.05, 3.63) is 29.8 Å². The van der Waals surface area contributed by atoms with Gasteiger partial charge in [0.15, 0.2) is 0 Å². The van der Waals surface area contributed by atoms with Crippen molar-refractivity contribution in [3.63, 3.8) is 0 Å². The molecule has 76 valence electrons. The molecular formula is C9H13N3O2. The zero-order chi connectivity index (χ0) is 10.6. The van der Waals surface area contributed by atoms with Crippen LogP contribution in [-0.4, -0.2) is 17.7 Å². The summed E-state index contributed by atoms with van der Waals surface area (Å²) >= 11 is 0. The van der Waals surface area contributed by atoms with Gasteiger partial charge in [-0.2, -0.15) is 0 Å². The lowest BCUT2D eigenvalue weighted by Crippen LogP contribution is -2.20. The minimum absolute atomic E-state index is 0.139. The van der Waals surface area contributed by atoms with Crippen LogP contribution in [0.15, 0.2) is 24.3 Å². The number of aliphatic hydroxyl groups is 1. The summed E-state index contributed by atoms with van der Waals surface area (Å²) in [5.74, 6) is 0. The molecule has 0 radical (unpaired) electrons. The van der Waals surface area contributed by atoms with Crippen molar-refractivity contribution in [1.29, 1.82) is 0 Å². The Bertz CT molecular complexity index is 328. The Kier molecular flexibility index (Phi) is 3.44. The Hall–Kier alpha value is -1.59. The Morgan fingerprint density at radius 3 is 2.86 bits per heavy atom. The number of aliphatic hydroxyl groups excluding tert-OH is 1. The van der Waals surface area contributed by atoms with Crippen LogP contribution in [0.5, 0.6) is 0 Å². The van der Waals surface area contributed by atoms with E-state index >= 15 is 0 Å². The summed E-state index contributed by atoms with van der Waals surface area (Å²) in [7, 11) is 0. The Morgan fingerprint density at radius 1 is 1.57 bits per heavy atom. The molecule has 0 spiro atoms. The first kappa shape index (κ1) is 10.5. The molecule has 0 saturated heterocycles. The molecule has 0 fully saturated rings. The first-order valence-electron chi connectivity index (χ1n) is 4.16. The molecule has 0 aliphatic carbocycles. The lowest BCUT2D eigenvalue weighted by atomic mass is 10.1. The minimum atomic E-state index is -0.625. The molecule has 1 aromatic carbocycles. The van der Waals surface area contributed by atoms with Gasteiger partial charge in [-0.25, -0.2) is 4.79 Å². The van der Waals surface area contributed by atoms with E-state index in [1.165, 1.54) is 0 Å². The average Bonchev–Trinajstić information content (AvgIpc) is 2.16. The van der Waals surface area contributed by atoms with Gasteiger partial charge in [-0.05, 0) is 17.7 Å². The number of benzene rings is 1. The molecule has 1 atom stereocenters. The second-order valence-corrected chi connectivity index (χ2v) is 2.90. The van der Waals surface area contributed by atoms with Crippen LogP contribution in [0.2, 0.25) is 0 Å². The van der Waals surface area contributed by atoms with E-state index in [0.29, 0.717) is 5.69 Å². The first-order chi connectivity index (χ1) is 6.63. The first-order valence-corrected chi connectivity index (χ1v) is 4.16. The largest absolute Gasteiger partial charge is 0.394 e. The zero-order valence-corrected chi connectivity index (χ0v) is 7.60. The molecule has 5 heteroatoms. The molecular weight excluding hydrogens is 182 g/mol. The summed E-state index contributed by atoms with van der Waals surface area (Å²) in [5, 5.41) is 11.2. The van der Waals surface area contributed by atoms with E-state index < -0.39 is 12.1 Å². The number of hydrogen-bond donors (Lipinski definition) is 4. The predicted octanol–water partition coefficient (Wildman–Crippen LogP) is 0.169. The van der Waals surface area contributed by atoms with E-state index in [9.17, 15) is 4.79 Å². The van der Waals surface area contributed by atoms with E-state index in [1.54, 1.807) is 24.3 Å². The SMILES string of the molecule is NC(=O)Nc1cccc(C(N)CO)c1. The number of anilines is 1. The van der Waals surface area contributed by atoms with E-state index in [-0.39, 0.29) is 6.61 Å². The number of nitrogens with two attached hydrogens (primary N) is 2. The molecule has 1 rings (SSSR count). The van der Waals surface area contributed by atoms with Crippen LogP contribution >= 0.6 is 0 Å². The molecule has 0 bridgehead atoms. The van der Waals surface area contributed by atoms with Gasteiger partial charge >= 0.3 is 6.03 Å². The maximum absolute atomic E-state index is 10.5. The molecule has 0 saturated carbocycles. The number of amides is 2. The lowest BCUT2D eigenvalue weighted by Gasteiger charge is -2.10. The molecule has 1 aromatic rings. The van der Waals surface area contributed by atoms with Gasteiger partial charge in [0, 0.05) is 5.69 Å². The van der Waals surface area contributed by atoms with Crippen molar-refractivity contribution >= 4 is 11.7 Å². The van der Waals surface area contributed by atoms with Crippen LogP contribution in [0, 0.1) is 0 Å². The fraction of sp³-hybridized carbons (Fsp3) is 0.222. The number of carbonyl (C=O) groups excluding carboxylic acids is 1. The molecule has 0 aromatic heterocycles. The van der Waals surface area contributed by atoms with Gasteiger partial charge in [0.2, 0.25) is 0 Å². The summed E-state index contributed by atoms with van der Waals surface area (Å²) < 4.78 is 0. The van der Waals surface area contributed by atoms with Crippen LogP contribution in [0.4, 0.5) is 10.5 Å². The van der Waals surface area contributed by atoms with Gasteiger partial charge in [0.1, 0.15) is 0 Å². The second kappa shape index (κ2) is 4.59. The fourth-order valence-corrected chi connectivity index (χ4v) is 1.09. The lowest BCUT2D eigenvalue weighted by molar-refractivity contribution is 0.259. The molecule has 0 heterocycles. The molecule has 1 unspecified atom stereocenters. The molecule has 0 aliphatic rings. The number of carbonyl (C=O) groups is 1. The van der Waals surface area contributed by atoms with Crippen molar-refractivity contribution in [1.82, 2.24) is 0 Å². The van der Waals surface area contributed by atoms with E-state index in [1.807, 2.05) is 0 Å². The highest BCUT2D eigenvalue weighted by atomic mass is 16.3. The highest BCUT2D eigenvalue weighted by Gasteiger charge is 2.04. The average molecular weight is 195 g/mol. The molecule has 5 nitrogen and oxygen atoms in total. The van der Waals surface area contributed by atoms with E-state index in [2.05, 4.69) is 5.32 Å².